The van der Waals surface area contributed by atoms with Crippen LogP contribution >= 0.6 is 34.8 Å². The van der Waals surface area contributed by atoms with Crippen molar-refractivity contribution in [2.24, 2.45) is 0 Å². The van der Waals surface area contributed by atoms with Crippen molar-refractivity contribution in [1.82, 2.24) is 0 Å². The van der Waals surface area contributed by atoms with Crippen molar-refractivity contribution in [1.29, 1.82) is 0 Å². The lowest BCUT2D eigenvalue weighted by molar-refractivity contribution is 0.242. The van der Waals surface area contributed by atoms with Crippen molar-refractivity contribution in [3.63, 3.8) is 0 Å². The molecule has 0 spiro atoms. The zero-order chi connectivity index (χ0) is 15.4. The van der Waals surface area contributed by atoms with Gasteiger partial charge in [-0.15, -0.1) is 0 Å². The number of rotatable bonds is 5. The highest BCUT2D eigenvalue weighted by molar-refractivity contribution is 6.35. The van der Waals surface area contributed by atoms with Gasteiger partial charge in [0.2, 0.25) is 0 Å². The molecule has 0 saturated carbocycles. The standard InChI is InChI=1S/C16H16Cl3NO/c1-10(2)21-16-6-3-11(7-14(16)19)9-20-15-8-12(17)4-5-13(15)18/h3-8,10,20H,9H2,1-2H3. The van der Waals surface area contributed by atoms with Crippen LogP contribution in [0.2, 0.25) is 15.1 Å². The van der Waals surface area contributed by atoms with Crippen LogP contribution in [0.4, 0.5) is 5.69 Å². The Bertz CT molecular complexity index is 629. The largest absolute Gasteiger partial charge is 0.489 e. The fourth-order valence-electron chi connectivity index (χ4n) is 1.83. The summed E-state index contributed by atoms with van der Waals surface area (Å²) in [7, 11) is 0. The molecule has 21 heavy (non-hydrogen) atoms. The molecule has 0 amide bonds. The predicted molar refractivity (Wildman–Crippen MR) is 91.0 cm³/mol. The molecular weight excluding hydrogens is 329 g/mol. The lowest BCUT2D eigenvalue weighted by atomic mass is 10.2. The second kappa shape index (κ2) is 7.26. The first-order valence-corrected chi connectivity index (χ1v) is 7.73. The van der Waals surface area contributed by atoms with E-state index in [4.69, 9.17) is 39.5 Å². The summed E-state index contributed by atoms with van der Waals surface area (Å²) in [5.41, 5.74) is 1.83. The summed E-state index contributed by atoms with van der Waals surface area (Å²) in [6.45, 7) is 4.53. The van der Waals surface area contributed by atoms with E-state index in [2.05, 4.69) is 5.32 Å². The van der Waals surface area contributed by atoms with Crippen LogP contribution in [0.1, 0.15) is 19.4 Å². The molecule has 1 N–H and O–H groups in total. The molecule has 0 fully saturated rings. The Labute approximate surface area is 140 Å². The molecule has 2 aromatic carbocycles. The average molecular weight is 345 g/mol. The predicted octanol–water partition coefficient (Wildman–Crippen LogP) is 6.05. The van der Waals surface area contributed by atoms with E-state index in [0.717, 1.165) is 11.3 Å². The number of hydrogen-bond donors (Lipinski definition) is 1. The van der Waals surface area contributed by atoms with Crippen molar-refractivity contribution in [2.75, 3.05) is 5.32 Å². The van der Waals surface area contributed by atoms with E-state index >= 15 is 0 Å². The van der Waals surface area contributed by atoms with Gasteiger partial charge in [-0.2, -0.15) is 0 Å². The number of anilines is 1. The Morgan fingerprint density at radius 2 is 1.76 bits per heavy atom. The molecule has 0 aromatic heterocycles. The maximum absolute atomic E-state index is 6.21. The van der Waals surface area contributed by atoms with Gasteiger partial charge in [-0.25, -0.2) is 0 Å². The Kier molecular flexibility index (Phi) is 5.63. The summed E-state index contributed by atoms with van der Waals surface area (Å²) >= 11 is 18.3. The Morgan fingerprint density at radius 1 is 1.00 bits per heavy atom. The molecule has 0 bridgehead atoms. The summed E-state index contributed by atoms with van der Waals surface area (Å²) in [6.07, 6.45) is 0.0942. The summed E-state index contributed by atoms with van der Waals surface area (Å²) < 4.78 is 5.61. The number of halogens is 3. The molecule has 0 aliphatic heterocycles. The zero-order valence-electron chi connectivity index (χ0n) is 11.8. The lowest BCUT2D eigenvalue weighted by Gasteiger charge is -2.13. The second-order valence-corrected chi connectivity index (χ2v) is 6.16. The highest BCUT2D eigenvalue weighted by Crippen LogP contribution is 2.28. The summed E-state index contributed by atoms with van der Waals surface area (Å²) in [6, 6.07) is 11.0. The number of nitrogens with one attached hydrogen (secondary N) is 1. The highest BCUT2D eigenvalue weighted by atomic mass is 35.5. The van der Waals surface area contributed by atoms with Gasteiger partial charge in [0.15, 0.2) is 0 Å². The van der Waals surface area contributed by atoms with Gasteiger partial charge in [0.1, 0.15) is 5.75 Å². The van der Waals surface area contributed by atoms with E-state index in [1.807, 2.05) is 32.0 Å². The third kappa shape index (κ3) is 4.70. The first-order valence-electron chi connectivity index (χ1n) is 6.59. The number of hydrogen-bond acceptors (Lipinski definition) is 2. The summed E-state index contributed by atoms with van der Waals surface area (Å²) in [5.74, 6) is 0.691. The first-order chi connectivity index (χ1) is 9.95. The number of benzene rings is 2. The van der Waals surface area contributed by atoms with Gasteiger partial charge >= 0.3 is 0 Å². The van der Waals surface area contributed by atoms with Gasteiger partial charge in [-0.3, -0.25) is 0 Å². The SMILES string of the molecule is CC(C)Oc1ccc(CNc2cc(Cl)ccc2Cl)cc1Cl. The number of ether oxygens (including phenoxy) is 1. The van der Waals surface area contributed by atoms with Crippen LogP contribution in [-0.4, -0.2) is 6.10 Å². The average Bonchev–Trinajstić information content (AvgIpc) is 2.42. The molecule has 0 radical (unpaired) electrons. The Hall–Kier alpha value is -1.09. The van der Waals surface area contributed by atoms with E-state index < -0.39 is 0 Å². The molecule has 0 aliphatic rings. The fraction of sp³-hybridized carbons (Fsp3) is 0.250. The highest BCUT2D eigenvalue weighted by Gasteiger charge is 2.06. The third-order valence-corrected chi connectivity index (χ3v) is 3.63. The van der Waals surface area contributed by atoms with Crippen molar-refractivity contribution in [2.45, 2.75) is 26.5 Å². The van der Waals surface area contributed by atoms with Crippen LogP contribution in [0.25, 0.3) is 0 Å². The molecule has 5 heteroatoms. The second-order valence-electron chi connectivity index (χ2n) is 4.91. The van der Waals surface area contributed by atoms with Crippen molar-refractivity contribution in [3.05, 3.63) is 57.0 Å². The maximum atomic E-state index is 6.21. The van der Waals surface area contributed by atoms with Crippen molar-refractivity contribution < 1.29 is 4.74 Å². The van der Waals surface area contributed by atoms with Crippen LogP contribution in [-0.2, 0) is 6.54 Å². The molecule has 0 heterocycles. The summed E-state index contributed by atoms with van der Waals surface area (Å²) in [5, 5.41) is 5.11. The minimum atomic E-state index is 0.0942. The van der Waals surface area contributed by atoms with E-state index in [0.29, 0.717) is 27.4 Å². The minimum Gasteiger partial charge on any atom is -0.489 e. The van der Waals surface area contributed by atoms with Gasteiger partial charge in [-0.1, -0.05) is 40.9 Å². The van der Waals surface area contributed by atoms with E-state index in [1.165, 1.54) is 0 Å². The molecule has 0 unspecified atom stereocenters. The smallest absolute Gasteiger partial charge is 0.138 e. The van der Waals surface area contributed by atoms with Gasteiger partial charge in [0.25, 0.3) is 0 Å². The van der Waals surface area contributed by atoms with Crippen LogP contribution in [0.3, 0.4) is 0 Å². The van der Waals surface area contributed by atoms with Gasteiger partial charge in [-0.05, 0) is 49.7 Å². The van der Waals surface area contributed by atoms with E-state index in [-0.39, 0.29) is 6.10 Å². The molecule has 2 rings (SSSR count). The molecule has 2 nitrogen and oxygen atoms in total. The molecule has 0 atom stereocenters. The molecule has 2 aromatic rings. The van der Waals surface area contributed by atoms with Crippen molar-refractivity contribution >= 4 is 40.5 Å². The first kappa shape index (κ1) is 16.3. The zero-order valence-corrected chi connectivity index (χ0v) is 14.1. The third-order valence-electron chi connectivity index (χ3n) is 2.77. The Morgan fingerprint density at radius 3 is 2.43 bits per heavy atom. The normalized spacial score (nSPS) is 10.8. The molecule has 0 saturated heterocycles. The Balaban J connectivity index is 2.07. The quantitative estimate of drug-likeness (QED) is 0.713. The van der Waals surface area contributed by atoms with Crippen LogP contribution in [0, 0.1) is 0 Å². The lowest BCUT2D eigenvalue weighted by Crippen LogP contribution is -2.06. The molecule has 0 aliphatic carbocycles. The van der Waals surface area contributed by atoms with E-state index in [1.54, 1.807) is 18.2 Å². The van der Waals surface area contributed by atoms with E-state index in [9.17, 15) is 0 Å². The van der Waals surface area contributed by atoms with Gasteiger partial charge < -0.3 is 10.1 Å². The topological polar surface area (TPSA) is 21.3 Å². The summed E-state index contributed by atoms with van der Waals surface area (Å²) in [4.78, 5) is 0. The maximum Gasteiger partial charge on any atom is 0.138 e. The molecular formula is C16H16Cl3NO. The molecule has 112 valence electrons. The fourth-order valence-corrected chi connectivity index (χ4v) is 2.44. The van der Waals surface area contributed by atoms with Crippen LogP contribution < -0.4 is 10.1 Å². The van der Waals surface area contributed by atoms with Gasteiger partial charge in [0.05, 0.1) is 21.8 Å². The van der Waals surface area contributed by atoms with Gasteiger partial charge in [0, 0.05) is 11.6 Å². The van der Waals surface area contributed by atoms with Crippen LogP contribution in [0.5, 0.6) is 5.75 Å². The minimum absolute atomic E-state index is 0.0942. The van der Waals surface area contributed by atoms with Crippen LogP contribution in [0.15, 0.2) is 36.4 Å². The van der Waals surface area contributed by atoms with Crippen molar-refractivity contribution in [3.8, 4) is 5.75 Å². The monoisotopic (exact) mass is 343 g/mol.